The Morgan fingerprint density at radius 1 is 0.950 bits per heavy atom. The lowest BCUT2D eigenvalue weighted by Gasteiger charge is -2.21. The molecule has 0 bridgehead atoms. The number of nitrogens with zero attached hydrogens (tertiary/aromatic N) is 1. The maximum Gasteiger partial charge on any atom is 0.228 e. The van der Waals surface area contributed by atoms with E-state index in [4.69, 9.17) is 0 Å². The van der Waals surface area contributed by atoms with Crippen LogP contribution in [-0.2, 0) is 10.8 Å². The molecule has 2 nitrogen and oxygen atoms in total. The van der Waals surface area contributed by atoms with E-state index in [1.54, 1.807) is 6.92 Å². The Balaban J connectivity index is 2.81. The minimum absolute atomic E-state index is 0.0490. The van der Waals surface area contributed by atoms with Gasteiger partial charge in [-0.05, 0) is 23.1 Å². The smallest absolute Gasteiger partial charge is 0.228 e. The zero-order valence-corrected chi connectivity index (χ0v) is 13.7. The van der Waals surface area contributed by atoms with Crippen molar-refractivity contribution < 1.29 is 4.79 Å². The summed E-state index contributed by atoms with van der Waals surface area (Å²) in [4.78, 5) is 12.1. The number of fused-ring (bicyclic) bond motifs is 1. The van der Waals surface area contributed by atoms with Gasteiger partial charge in [0.2, 0.25) is 5.91 Å². The van der Waals surface area contributed by atoms with E-state index in [0.717, 1.165) is 16.6 Å². The second kappa shape index (κ2) is 4.47. The van der Waals surface area contributed by atoms with E-state index in [-0.39, 0.29) is 16.7 Å². The fraction of sp³-hybridized carbons (Fsp3) is 0.500. The van der Waals surface area contributed by atoms with Gasteiger partial charge in [-0.1, -0.05) is 53.7 Å². The average molecular weight is 271 g/mol. The third kappa shape index (κ3) is 2.52. The standard InChI is InChI=1S/C18H25NO/c1-12(20)19-15-11-14(17(2,3)4)9-8-13(15)10-16(19)18(5,6)7/h8-11H,1-7H3. The molecule has 2 heteroatoms. The maximum absolute atomic E-state index is 12.1. The van der Waals surface area contributed by atoms with Crippen LogP contribution in [0.4, 0.5) is 0 Å². The molecule has 0 radical (unpaired) electrons. The molecule has 108 valence electrons. The average Bonchev–Trinajstić information content (AvgIpc) is 2.65. The lowest BCUT2D eigenvalue weighted by atomic mass is 9.87. The molecule has 0 aliphatic carbocycles. The van der Waals surface area contributed by atoms with Gasteiger partial charge in [0.15, 0.2) is 0 Å². The van der Waals surface area contributed by atoms with Gasteiger partial charge < -0.3 is 0 Å². The highest BCUT2D eigenvalue weighted by atomic mass is 16.1. The Morgan fingerprint density at radius 2 is 1.55 bits per heavy atom. The molecule has 0 saturated carbocycles. The zero-order chi connectivity index (χ0) is 15.3. The van der Waals surface area contributed by atoms with Crippen LogP contribution in [0.15, 0.2) is 24.3 Å². The van der Waals surface area contributed by atoms with Crippen LogP contribution in [0.3, 0.4) is 0 Å². The van der Waals surface area contributed by atoms with Crippen molar-refractivity contribution in [3.05, 3.63) is 35.5 Å². The van der Waals surface area contributed by atoms with Crippen LogP contribution < -0.4 is 0 Å². The van der Waals surface area contributed by atoms with Crippen LogP contribution in [0.5, 0.6) is 0 Å². The highest BCUT2D eigenvalue weighted by Crippen LogP contribution is 2.32. The van der Waals surface area contributed by atoms with E-state index in [9.17, 15) is 4.79 Å². The molecule has 1 aromatic carbocycles. The summed E-state index contributed by atoms with van der Waals surface area (Å²) in [5.74, 6) is 0.0796. The molecule has 0 atom stereocenters. The quantitative estimate of drug-likeness (QED) is 0.668. The molecule has 0 amide bonds. The summed E-state index contributed by atoms with van der Waals surface area (Å²) in [6.45, 7) is 14.7. The highest BCUT2D eigenvalue weighted by molar-refractivity contribution is 5.93. The molecular weight excluding hydrogens is 246 g/mol. The first-order chi connectivity index (χ1) is 9.01. The fourth-order valence-electron chi connectivity index (χ4n) is 2.56. The summed E-state index contributed by atoms with van der Waals surface area (Å²) in [6, 6.07) is 8.60. The lowest BCUT2D eigenvalue weighted by Crippen LogP contribution is -2.20. The van der Waals surface area contributed by atoms with Crippen molar-refractivity contribution in [3.63, 3.8) is 0 Å². The molecule has 1 heterocycles. The van der Waals surface area contributed by atoms with Gasteiger partial charge in [0.25, 0.3) is 0 Å². The molecule has 0 aliphatic heterocycles. The topological polar surface area (TPSA) is 22.0 Å². The predicted octanol–water partition coefficient (Wildman–Crippen LogP) is 4.90. The Morgan fingerprint density at radius 3 is 2.00 bits per heavy atom. The fourth-order valence-corrected chi connectivity index (χ4v) is 2.56. The number of benzene rings is 1. The molecule has 0 spiro atoms. The van der Waals surface area contributed by atoms with Crippen LogP contribution in [0.2, 0.25) is 0 Å². The largest absolute Gasteiger partial charge is 0.284 e. The number of hydrogen-bond donors (Lipinski definition) is 0. The van der Waals surface area contributed by atoms with Crippen molar-refractivity contribution >= 4 is 16.8 Å². The van der Waals surface area contributed by atoms with Crippen molar-refractivity contribution in [1.29, 1.82) is 0 Å². The second-order valence-electron chi connectivity index (χ2n) is 7.66. The van der Waals surface area contributed by atoms with Crippen LogP contribution in [0, 0.1) is 0 Å². The minimum Gasteiger partial charge on any atom is -0.284 e. The van der Waals surface area contributed by atoms with Crippen molar-refractivity contribution in [2.24, 2.45) is 0 Å². The Labute approximate surface area is 121 Å². The van der Waals surface area contributed by atoms with Crippen LogP contribution >= 0.6 is 0 Å². The normalized spacial score (nSPS) is 12.9. The third-order valence-corrected chi connectivity index (χ3v) is 3.75. The SMILES string of the molecule is CC(=O)n1c(C(C)(C)C)cc2ccc(C(C)(C)C)cc21. The van der Waals surface area contributed by atoms with Gasteiger partial charge in [-0.15, -0.1) is 0 Å². The third-order valence-electron chi connectivity index (χ3n) is 3.75. The first-order valence-corrected chi connectivity index (χ1v) is 7.19. The number of hydrogen-bond acceptors (Lipinski definition) is 1. The van der Waals surface area contributed by atoms with Crippen molar-refractivity contribution in [2.45, 2.75) is 59.3 Å². The number of carbonyl (C=O) groups is 1. The second-order valence-corrected chi connectivity index (χ2v) is 7.66. The molecule has 20 heavy (non-hydrogen) atoms. The van der Waals surface area contributed by atoms with Crippen LogP contribution in [0.1, 0.15) is 64.5 Å². The summed E-state index contributed by atoms with van der Waals surface area (Å²) >= 11 is 0. The van der Waals surface area contributed by atoms with Crippen molar-refractivity contribution in [3.8, 4) is 0 Å². The van der Waals surface area contributed by atoms with E-state index in [1.807, 2.05) is 4.57 Å². The summed E-state index contributed by atoms with van der Waals surface area (Å²) < 4.78 is 1.87. The Kier molecular flexibility index (Phi) is 3.32. The molecule has 0 fully saturated rings. The molecule has 2 rings (SSSR count). The number of aromatic nitrogens is 1. The highest BCUT2D eigenvalue weighted by Gasteiger charge is 2.24. The summed E-state index contributed by atoms with van der Waals surface area (Å²) in [7, 11) is 0. The van der Waals surface area contributed by atoms with Gasteiger partial charge >= 0.3 is 0 Å². The molecule has 0 saturated heterocycles. The zero-order valence-electron chi connectivity index (χ0n) is 13.7. The van der Waals surface area contributed by atoms with Gasteiger partial charge in [-0.3, -0.25) is 9.36 Å². The molecule has 1 aromatic heterocycles. The minimum atomic E-state index is -0.0490. The number of carbonyl (C=O) groups excluding carboxylic acids is 1. The predicted molar refractivity (Wildman–Crippen MR) is 85.6 cm³/mol. The first kappa shape index (κ1) is 14.8. The van der Waals surface area contributed by atoms with Gasteiger partial charge in [0.05, 0.1) is 5.52 Å². The molecule has 0 N–H and O–H groups in total. The Bertz CT molecular complexity index is 663. The van der Waals surface area contributed by atoms with E-state index >= 15 is 0 Å². The van der Waals surface area contributed by atoms with Crippen molar-refractivity contribution in [2.75, 3.05) is 0 Å². The van der Waals surface area contributed by atoms with Gasteiger partial charge in [0, 0.05) is 23.4 Å². The number of rotatable bonds is 0. The van der Waals surface area contributed by atoms with Crippen molar-refractivity contribution in [1.82, 2.24) is 4.57 Å². The Hall–Kier alpha value is -1.57. The van der Waals surface area contributed by atoms with Gasteiger partial charge in [-0.25, -0.2) is 0 Å². The van der Waals surface area contributed by atoms with Crippen LogP contribution in [0.25, 0.3) is 10.9 Å². The maximum atomic E-state index is 12.1. The molecule has 0 aliphatic rings. The monoisotopic (exact) mass is 271 g/mol. The van der Waals surface area contributed by atoms with Gasteiger partial charge in [-0.2, -0.15) is 0 Å². The molecule has 2 aromatic rings. The van der Waals surface area contributed by atoms with Crippen LogP contribution in [-0.4, -0.2) is 10.5 Å². The summed E-state index contributed by atoms with van der Waals surface area (Å²) in [5.41, 5.74) is 3.39. The molecular formula is C18H25NO. The lowest BCUT2D eigenvalue weighted by molar-refractivity contribution is 0.0935. The first-order valence-electron chi connectivity index (χ1n) is 7.19. The summed E-state index contributed by atoms with van der Waals surface area (Å²) in [6.07, 6.45) is 0. The van der Waals surface area contributed by atoms with E-state index in [1.165, 1.54) is 5.56 Å². The molecule has 0 unspecified atom stereocenters. The van der Waals surface area contributed by atoms with E-state index in [2.05, 4.69) is 65.8 Å². The summed E-state index contributed by atoms with van der Waals surface area (Å²) in [5, 5.41) is 1.14. The van der Waals surface area contributed by atoms with Gasteiger partial charge in [0.1, 0.15) is 0 Å². The van der Waals surface area contributed by atoms with E-state index < -0.39 is 0 Å². The van der Waals surface area contributed by atoms with E-state index in [0.29, 0.717) is 0 Å².